The van der Waals surface area contributed by atoms with Crippen LogP contribution in [0, 0.1) is 5.41 Å². The molecule has 0 heterocycles. The lowest BCUT2D eigenvalue weighted by Crippen LogP contribution is -1.90. The number of nitrogens with zero attached hydrogens (tertiary/aromatic N) is 1. The molecular formula is C5H10N2O. The molecule has 0 aliphatic carbocycles. The van der Waals surface area contributed by atoms with E-state index >= 15 is 0 Å². The van der Waals surface area contributed by atoms with Crippen LogP contribution in [0.3, 0.4) is 0 Å². The van der Waals surface area contributed by atoms with E-state index in [2.05, 4.69) is 9.73 Å². The molecular weight excluding hydrogens is 104 g/mol. The van der Waals surface area contributed by atoms with E-state index in [4.69, 9.17) is 5.41 Å². The summed E-state index contributed by atoms with van der Waals surface area (Å²) in [5.41, 5.74) is 0. The van der Waals surface area contributed by atoms with Gasteiger partial charge in [0.25, 0.3) is 0 Å². The van der Waals surface area contributed by atoms with Crippen molar-refractivity contribution < 1.29 is 4.74 Å². The van der Waals surface area contributed by atoms with Crippen molar-refractivity contribution in [2.24, 2.45) is 4.99 Å². The maximum Gasteiger partial charge on any atom is 0.178 e. The maximum atomic E-state index is 6.41. The van der Waals surface area contributed by atoms with Crippen LogP contribution in [0.2, 0.25) is 0 Å². The van der Waals surface area contributed by atoms with Gasteiger partial charge in [-0.15, -0.1) is 0 Å². The average Bonchev–Trinajstić information content (AvgIpc) is 1.66. The van der Waals surface area contributed by atoms with Gasteiger partial charge in [-0.25, -0.2) is 0 Å². The highest BCUT2D eigenvalue weighted by molar-refractivity contribution is 5.61. The van der Waals surface area contributed by atoms with Gasteiger partial charge >= 0.3 is 0 Å². The predicted molar refractivity (Wildman–Crippen MR) is 33.5 cm³/mol. The maximum absolute atomic E-state index is 6.41. The quantitative estimate of drug-likeness (QED) is 0.432. The molecule has 8 heavy (non-hydrogen) atoms. The summed E-state index contributed by atoms with van der Waals surface area (Å²) in [5, 5.41) is 6.41. The summed E-state index contributed by atoms with van der Waals surface area (Å²) in [6.45, 7) is 3.87. The molecule has 0 radical (unpaired) electrons. The normalized spacial score (nSPS) is 10.4. The van der Waals surface area contributed by atoms with Crippen LogP contribution in [0.15, 0.2) is 4.99 Å². The number of hydrogen-bond acceptors (Lipinski definition) is 3. The smallest absolute Gasteiger partial charge is 0.178 e. The molecule has 0 amide bonds. The van der Waals surface area contributed by atoms with Crippen LogP contribution in [0.5, 0.6) is 0 Å². The molecule has 0 fully saturated rings. The van der Waals surface area contributed by atoms with Gasteiger partial charge < -0.3 is 4.74 Å². The van der Waals surface area contributed by atoms with Crippen LogP contribution in [-0.4, -0.2) is 18.8 Å². The molecule has 0 aliphatic heterocycles. The number of ether oxygens (including phenoxy) is 1. The van der Waals surface area contributed by atoms with Crippen LogP contribution >= 0.6 is 0 Å². The van der Waals surface area contributed by atoms with Crippen molar-refractivity contribution in [3.8, 4) is 0 Å². The van der Waals surface area contributed by atoms with E-state index in [9.17, 15) is 0 Å². The molecule has 0 atom stereocenters. The molecule has 46 valence electrons. The lowest BCUT2D eigenvalue weighted by molar-refractivity contribution is 0.580. The zero-order valence-electron chi connectivity index (χ0n) is 5.09. The van der Waals surface area contributed by atoms with Gasteiger partial charge in [-0.3, -0.25) is 10.4 Å². The first-order chi connectivity index (χ1) is 3.77. The second kappa shape index (κ2) is 4.30. The average molecular weight is 114 g/mol. The summed E-state index contributed by atoms with van der Waals surface area (Å²) in [7, 11) is 0. The molecule has 3 heteroatoms. The molecule has 0 saturated carbocycles. The number of hydrogen-bond donors (Lipinski definition) is 1. The van der Waals surface area contributed by atoms with Gasteiger partial charge in [0, 0.05) is 6.04 Å². The monoisotopic (exact) mass is 114 g/mol. The topological polar surface area (TPSA) is 45.4 Å². The van der Waals surface area contributed by atoms with Crippen LogP contribution in [0.25, 0.3) is 0 Å². The van der Waals surface area contributed by atoms with Crippen LogP contribution < -0.4 is 0 Å². The van der Waals surface area contributed by atoms with E-state index in [1.807, 2.05) is 13.8 Å². The highest BCUT2D eigenvalue weighted by atomic mass is 16.5. The van der Waals surface area contributed by atoms with Gasteiger partial charge in [0.2, 0.25) is 0 Å². The van der Waals surface area contributed by atoms with Gasteiger partial charge in [0.15, 0.2) is 12.8 Å². The van der Waals surface area contributed by atoms with Crippen molar-refractivity contribution in [3.63, 3.8) is 0 Å². The Labute approximate surface area is 48.9 Å². The summed E-state index contributed by atoms with van der Waals surface area (Å²) in [4.78, 5) is 3.82. The first kappa shape index (κ1) is 7.14. The zero-order chi connectivity index (χ0) is 6.41. The summed E-state index contributed by atoms with van der Waals surface area (Å²) in [6.07, 6.45) is 2.10. The minimum Gasteiger partial charge on any atom is -0.435 e. The third-order valence-corrected chi connectivity index (χ3v) is 0.488. The highest BCUT2D eigenvalue weighted by Crippen LogP contribution is 1.81. The molecule has 0 spiro atoms. The third-order valence-electron chi connectivity index (χ3n) is 0.488. The Kier molecular flexibility index (Phi) is 3.84. The fourth-order valence-corrected chi connectivity index (χ4v) is 0.187. The summed E-state index contributed by atoms with van der Waals surface area (Å²) >= 11 is 0. The largest absolute Gasteiger partial charge is 0.435 e. The Morgan fingerprint density at radius 3 is 2.62 bits per heavy atom. The van der Waals surface area contributed by atoms with Crippen molar-refractivity contribution in [1.29, 1.82) is 5.41 Å². The minimum atomic E-state index is 0.245. The predicted octanol–water partition coefficient (Wildman–Crippen LogP) is 1.05. The van der Waals surface area contributed by atoms with Gasteiger partial charge in [0.05, 0.1) is 0 Å². The third kappa shape index (κ3) is 5.14. The second-order valence-corrected chi connectivity index (χ2v) is 1.60. The fourth-order valence-electron chi connectivity index (χ4n) is 0.187. The van der Waals surface area contributed by atoms with E-state index in [-0.39, 0.29) is 6.04 Å². The van der Waals surface area contributed by atoms with Gasteiger partial charge in [-0.2, -0.15) is 0 Å². The molecule has 0 rings (SSSR count). The Hall–Kier alpha value is -0.860. The second-order valence-electron chi connectivity index (χ2n) is 1.60. The van der Waals surface area contributed by atoms with Crippen molar-refractivity contribution in [3.05, 3.63) is 0 Å². The number of rotatable bonds is 3. The van der Waals surface area contributed by atoms with Crippen molar-refractivity contribution in [1.82, 2.24) is 0 Å². The summed E-state index contributed by atoms with van der Waals surface area (Å²) in [5.74, 6) is 0. The number of nitrogens with one attached hydrogen (secondary N) is 1. The van der Waals surface area contributed by atoms with Gasteiger partial charge in [-0.05, 0) is 13.8 Å². The standard InChI is InChI=1S/C5H10N2O/c1-5(2)7-4-8-3-6/h3-6H,1-2H3/b6-3?,7-4-. The molecule has 1 N–H and O–H groups in total. The van der Waals surface area contributed by atoms with Crippen LogP contribution in [0.4, 0.5) is 0 Å². The molecule has 0 aromatic carbocycles. The Morgan fingerprint density at radius 1 is 1.62 bits per heavy atom. The van der Waals surface area contributed by atoms with E-state index in [0.29, 0.717) is 0 Å². The molecule has 0 aromatic rings. The number of aliphatic imine (C=N–C) groups is 1. The molecule has 0 aliphatic rings. The van der Waals surface area contributed by atoms with Gasteiger partial charge in [0.1, 0.15) is 0 Å². The molecule has 0 aromatic heterocycles. The zero-order valence-corrected chi connectivity index (χ0v) is 5.09. The highest BCUT2D eigenvalue weighted by Gasteiger charge is 1.80. The Morgan fingerprint density at radius 2 is 2.25 bits per heavy atom. The molecule has 0 unspecified atom stereocenters. The SMILES string of the molecule is CC(C)/N=C\OC=N. The molecule has 3 nitrogen and oxygen atoms in total. The minimum absolute atomic E-state index is 0.245. The van der Waals surface area contributed by atoms with Crippen molar-refractivity contribution in [2.45, 2.75) is 19.9 Å². The molecule has 0 bridgehead atoms. The summed E-state index contributed by atoms with van der Waals surface area (Å²) in [6, 6.07) is 0.245. The van der Waals surface area contributed by atoms with E-state index in [1.165, 1.54) is 6.40 Å². The van der Waals surface area contributed by atoms with Crippen molar-refractivity contribution in [2.75, 3.05) is 0 Å². The molecule has 0 saturated heterocycles. The van der Waals surface area contributed by atoms with Gasteiger partial charge in [-0.1, -0.05) is 0 Å². The van der Waals surface area contributed by atoms with Crippen LogP contribution in [0.1, 0.15) is 13.8 Å². The van der Waals surface area contributed by atoms with Crippen LogP contribution in [-0.2, 0) is 4.74 Å². The van der Waals surface area contributed by atoms with E-state index in [1.54, 1.807) is 0 Å². The Balaban J connectivity index is 3.19. The first-order valence-corrected chi connectivity index (χ1v) is 2.43. The lowest BCUT2D eigenvalue weighted by atomic mass is 10.4. The van der Waals surface area contributed by atoms with E-state index < -0.39 is 0 Å². The van der Waals surface area contributed by atoms with E-state index in [0.717, 1.165) is 6.40 Å². The fraction of sp³-hybridized carbons (Fsp3) is 0.600. The summed E-state index contributed by atoms with van der Waals surface area (Å²) < 4.78 is 4.39. The first-order valence-electron chi connectivity index (χ1n) is 2.43. The lowest BCUT2D eigenvalue weighted by Gasteiger charge is -1.90. The Bertz CT molecular complexity index is 88.4. The van der Waals surface area contributed by atoms with Crippen molar-refractivity contribution >= 4 is 12.8 Å².